The Hall–Kier alpha value is -0.0400. The van der Waals surface area contributed by atoms with Gasteiger partial charge in [0.1, 0.15) is 0 Å². The van der Waals surface area contributed by atoms with E-state index >= 15 is 0 Å². The van der Waals surface area contributed by atoms with E-state index in [4.69, 9.17) is 4.74 Å². The quantitative estimate of drug-likeness (QED) is 0.629. The van der Waals surface area contributed by atoms with Crippen LogP contribution in [0.4, 0.5) is 0 Å². The standard InChI is InChI=1S/C11H22O/c1-3-12-9-10(2)11-7-5-4-6-8-11/h10-11H,3-9H2,1-2H3/t10-/m1/s1. The van der Waals surface area contributed by atoms with Crippen LogP contribution < -0.4 is 0 Å². The van der Waals surface area contributed by atoms with Crippen LogP contribution in [0.2, 0.25) is 0 Å². The molecule has 0 radical (unpaired) electrons. The zero-order valence-electron chi connectivity index (χ0n) is 8.51. The van der Waals surface area contributed by atoms with E-state index in [1.165, 1.54) is 32.1 Å². The maximum atomic E-state index is 5.45. The third-order valence-corrected chi connectivity index (χ3v) is 3.04. The SMILES string of the molecule is CCOC[C@@H](C)C1CCCCC1. The lowest BCUT2D eigenvalue weighted by Gasteiger charge is -2.27. The van der Waals surface area contributed by atoms with Crippen LogP contribution in [-0.4, -0.2) is 13.2 Å². The molecule has 1 rings (SSSR count). The zero-order valence-corrected chi connectivity index (χ0v) is 8.51. The molecule has 0 heterocycles. The highest BCUT2D eigenvalue weighted by atomic mass is 16.5. The van der Waals surface area contributed by atoms with Crippen molar-refractivity contribution in [1.29, 1.82) is 0 Å². The van der Waals surface area contributed by atoms with Crippen molar-refractivity contribution in [1.82, 2.24) is 0 Å². The molecule has 0 N–H and O–H groups in total. The third-order valence-electron chi connectivity index (χ3n) is 3.04. The lowest BCUT2D eigenvalue weighted by atomic mass is 9.81. The summed E-state index contributed by atoms with van der Waals surface area (Å²) in [6.07, 6.45) is 7.22. The second kappa shape index (κ2) is 5.58. The van der Waals surface area contributed by atoms with E-state index in [-0.39, 0.29) is 0 Å². The van der Waals surface area contributed by atoms with E-state index in [9.17, 15) is 0 Å². The Morgan fingerprint density at radius 1 is 1.25 bits per heavy atom. The first kappa shape index (κ1) is 10.0. The Morgan fingerprint density at radius 2 is 1.92 bits per heavy atom. The van der Waals surface area contributed by atoms with Crippen molar-refractivity contribution in [3.05, 3.63) is 0 Å². The van der Waals surface area contributed by atoms with Gasteiger partial charge in [0.25, 0.3) is 0 Å². The normalized spacial score (nSPS) is 22.5. The van der Waals surface area contributed by atoms with Gasteiger partial charge in [-0.25, -0.2) is 0 Å². The summed E-state index contributed by atoms with van der Waals surface area (Å²) in [6, 6.07) is 0. The topological polar surface area (TPSA) is 9.23 Å². The molecule has 1 aliphatic rings. The van der Waals surface area contributed by atoms with Crippen LogP contribution in [0.3, 0.4) is 0 Å². The fourth-order valence-electron chi connectivity index (χ4n) is 2.14. The number of hydrogen-bond acceptors (Lipinski definition) is 1. The van der Waals surface area contributed by atoms with Crippen LogP contribution >= 0.6 is 0 Å². The van der Waals surface area contributed by atoms with Crippen LogP contribution in [0.5, 0.6) is 0 Å². The van der Waals surface area contributed by atoms with Crippen molar-refractivity contribution in [2.75, 3.05) is 13.2 Å². The van der Waals surface area contributed by atoms with Crippen molar-refractivity contribution >= 4 is 0 Å². The minimum Gasteiger partial charge on any atom is -0.381 e. The van der Waals surface area contributed by atoms with Gasteiger partial charge in [-0.05, 0) is 18.8 Å². The summed E-state index contributed by atoms with van der Waals surface area (Å²) in [7, 11) is 0. The zero-order chi connectivity index (χ0) is 8.81. The van der Waals surface area contributed by atoms with E-state index in [2.05, 4.69) is 13.8 Å². The molecule has 0 aromatic rings. The first-order chi connectivity index (χ1) is 5.84. The molecular weight excluding hydrogens is 148 g/mol. The molecule has 12 heavy (non-hydrogen) atoms. The van der Waals surface area contributed by atoms with E-state index in [1.807, 2.05) is 0 Å². The van der Waals surface area contributed by atoms with E-state index in [0.717, 1.165) is 25.0 Å². The molecule has 0 amide bonds. The smallest absolute Gasteiger partial charge is 0.0494 e. The Morgan fingerprint density at radius 3 is 2.50 bits per heavy atom. The monoisotopic (exact) mass is 170 g/mol. The highest BCUT2D eigenvalue weighted by molar-refractivity contribution is 4.70. The van der Waals surface area contributed by atoms with Gasteiger partial charge >= 0.3 is 0 Å². The van der Waals surface area contributed by atoms with E-state index < -0.39 is 0 Å². The third kappa shape index (κ3) is 3.14. The van der Waals surface area contributed by atoms with Gasteiger partial charge < -0.3 is 4.74 Å². The molecule has 72 valence electrons. The van der Waals surface area contributed by atoms with Crippen LogP contribution in [0, 0.1) is 11.8 Å². The van der Waals surface area contributed by atoms with E-state index in [0.29, 0.717) is 0 Å². The molecular formula is C11H22O. The van der Waals surface area contributed by atoms with Crippen molar-refractivity contribution in [2.24, 2.45) is 11.8 Å². The molecule has 0 bridgehead atoms. The molecule has 1 aliphatic carbocycles. The molecule has 1 saturated carbocycles. The first-order valence-corrected chi connectivity index (χ1v) is 5.42. The van der Waals surface area contributed by atoms with Crippen molar-refractivity contribution in [3.8, 4) is 0 Å². The molecule has 0 aromatic carbocycles. The van der Waals surface area contributed by atoms with Crippen LogP contribution in [0.25, 0.3) is 0 Å². The molecule has 0 saturated heterocycles. The summed E-state index contributed by atoms with van der Waals surface area (Å²) >= 11 is 0. The van der Waals surface area contributed by atoms with Crippen LogP contribution in [-0.2, 0) is 4.74 Å². The predicted molar refractivity (Wildman–Crippen MR) is 52.2 cm³/mol. The molecule has 1 atom stereocenters. The molecule has 1 fully saturated rings. The Balaban J connectivity index is 2.15. The largest absolute Gasteiger partial charge is 0.381 e. The van der Waals surface area contributed by atoms with Crippen molar-refractivity contribution in [3.63, 3.8) is 0 Å². The molecule has 0 unspecified atom stereocenters. The minimum absolute atomic E-state index is 0.783. The number of rotatable bonds is 4. The van der Waals surface area contributed by atoms with Gasteiger partial charge in [-0.3, -0.25) is 0 Å². The average molecular weight is 170 g/mol. The van der Waals surface area contributed by atoms with Gasteiger partial charge in [0.2, 0.25) is 0 Å². The second-order valence-electron chi connectivity index (χ2n) is 4.03. The summed E-state index contributed by atoms with van der Waals surface area (Å²) < 4.78 is 5.45. The number of hydrogen-bond donors (Lipinski definition) is 0. The molecule has 1 nitrogen and oxygen atoms in total. The maximum Gasteiger partial charge on any atom is 0.0494 e. The van der Waals surface area contributed by atoms with Gasteiger partial charge in [0.15, 0.2) is 0 Å². The van der Waals surface area contributed by atoms with Gasteiger partial charge in [0, 0.05) is 13.2 Å². The molecule has 0 aromatic heterocycles. The summed E-state index contributed by atoms with van der Waals surface area (Å²) in [5.74, 6) is 1.73. The van der Waals surface area contributed by atoms with E-state index in [1.54, 1.807) is 0 Å². The lowest BCUT2D eigenvalue weighted by Crippen LogP contribution is -2.19. The van der Waals surface area contributed by atoms with Crippen LogP contribution in [0.15, 0.2) is 0 Å². The fourth-order valence-corrected chi connectivity index (χ4v) is 2.14. The Labute approximate surface area is 76.5 Å². The summed E-state index contributed by atoms with van der Waals surface area (Å²) in [6.45, 7) is 6.26. The highest BCUT2D eigenvalue weighted by Gasteiger charge is 2.19. The van der Waals surface area contributed by atoms with Crippen LogP contribution in [0.1, 0.15) is 46.0 Å². The van der Waals surface area contributed by atoms with Gasteiger partial charge in [-0.15, -0.1) is 0 Å². The fraction of sp³-hybridized carbons (Fsp3) is 1.00. The first-order valence-electron chi connectivity index (χ1n) is 5.42. The Kier molecular flexibility index (Phi) is 4.67. The molecule has 0 aliphatic heterocycles. The number of ether oxygens (including phenoxy) is 1. The molecule has 1 heteroatoms. The second-order valence-corrected chi connectivity index (χ2v) is 4.03. The Bertz CT molecular complexity index is 106. The summed E-state index contributed by atoms with van der Waals surface area (Å²) in [4.78, 5) is 0. The van der Waals surface area contributed by atoms with Gasteiger partial charge in [0.05, 0.1) is 0 Å². The van der Waals surface area contributed by atoms with Gasteiger partial charge in [-0.2, -0.15) is 0 Å². The lowest BCUT2D eigenvalue weighted by molar-refractivity contribution is 0.0829. The highest BCUT2D eigenvalue weighted by Crippen LogP contribution is 2.29. The van der Waals surface area contributed by atoms with Crippen molar-refractivity contribution < 1.29 is 4.74 Å². The van der Waals surface area contributed by atoms with Crippen molar-refractivity contribution in [2.45, 2.75) is 46.0 Å². The van der Waals surface area contributed by atoms with Gasteiger partial charge in [-0.1, -0.05) is 39.0 Å². The minimum atomic E-state index is 0.783. The maximum absolute atomic E-state index is 5.45. The summed E-state index contributed by atoms with van der Waals surface area (Å²) in [5.41, 5.74) is 0. The average Bonchev–Trinajstić information content (AvgIpc) is 2.15. The summed E-state index contributed by atoms with van der Waals surface area (Å²) in [5, 5.41) is 0. The molecule has 0 spiro atoms. The predicted octanol–water partition coefficient (Wildman–Crippen LogP) is 3.24.